The van der Waals surface area contributed by atoms with Crippen molar-refractivity contribution >= 4 is 11.9 Å². The van der Waals surface area contributed by atoms with Crippen LogP contribution in [0.2, 0.25) is 0 Å². The van der Waals surface area contributed by atoms with E-state index >= 15 is 0 Å². The number of ether oxygens (including phenoxy) is 2. The highest BCUT2D eigenvalue weighted by atomic mass is 16.6. The van der Waals surface area contributed by atoms with Gasteiger partial charge in [-0.3, -0.25) is 0 Å². The molecule has 4 heteroatoms. The molecule has 5 aliphatic rings. The van der Waals surface area contributed by atoms with Crippen LogP contribution in [-0.4, -0.2) is 11.9 Å². The van der Waals surface area contributed by atoms with Gasteiger partial charge in [-0.15, -0.1) is 0 Å². The van der Waals surface area contributed by atoms with Gasteiger partial charge in [0.15, 0.2) is 5.60 Å². The van der Waals surface area contributed by atoms with Crippen molar-refractivity contribution in [3.05, 3.63) is 58.9 Å². The second kappa shape index (κ2) is 6.07. The van der Waals surface area contributed by atoms with Crippen LogP contribution >= 0.6 is 0 Å². The van der Waals surface area contributed by atoms with Gasteiger partial charge in [-0.1, -0.05) is 51.0 Å². The number of allylic oxidation sites excluding steroid dienone is 2. The standard InChI is InChI=1S/C24H26O4/c1-3-5-11-20-23-13-12-15(14-19(23)22(26)27-20)17(8-4-2)24(23)18-10-7-6-9-16(18)21(25)28-24/h6-7,9-11,14-15,17H,3-5,8,12-13H2,1-2H3/t15-,17-,23+,24-/m1/s1. The number of hydrogen-bond acceptors (Lipinski definition) is 4. The number of cyclic esters (lactones) is 1. The maximum atomic E-state index is 13.0. The minimum atomic E-state index is -0.838. The van der Waals surface area contributed by atoms with Crippen LogP contribution in [0.15, 0.2) is 47.7 Å². The molecule has 4 atom stereocenters. The summed E-state index contributed by atoms with van der Waals surface area (Å²) in [6, 6.07) is 7.73. The van der Waals surface area contributed by atoms with Gasteiger partial charge in [0.2, 0.25) is 0 Å². The van der Waals surface area contributed by atoms with E-state index in [0.29, 0.717) is 16.9 Å². The number of benzene rings is 1. The number of unbranched alkanes of at least 4 members (excludes halogenated alkanes) is 1. The third kappa shape index (κ3) is 1.91. The quantitative estimate of drug-likeness (QED) is 0.688. The molecule has 0 aromatic heterocycles. The van der Waals surface area contributed by atoms with Crippen molar-refractivity contribution < 1.29 is 19.1 Å². The molecule has 0 N–H and O–H groups in total. The monoisotopic (exact) mass is 378 g/mol. The molecular weight excluding hydrogens is 352 g/mol. The first-order valence-corrected chi connectivity index (χ1v) is 10.6. The summed E-state index contributed by atoms with van der Waals surface area (Å²) in [4.78, 5) is 25.9. The van der Waals surface area contributed by atoms with E-state index in [1.807, 2.05) is 24.3 Å². The smallest absolute Gasteiger partial charge is 0.340 e. The van der Waals surface area contributed by atoms with Crippen molar-refractivity contribution in [1.82, 2.24) is 0 Å². The summed E-state index contributed by atoms with van der Waals surface area (Å²) in [5.74, 6) is 0.555. The fourth-order valence-corrected chi connectivity index (χ4v) is 6.26. The molecular formula is C24H26O4. The molecule has 28 heavy (non-hydrogen) atoms. The van der Waals surface area contributed by atoms with Crippen LogP contribution < -0.4 is 0 Å². The first-order chi connectivity index (χ1) is 13.6. The van der Waals surface area contributed by atoms with E-state index in [9.17, 15) is 9.59 Å². The molecule has 1 saturated carbocycles. The first-order valence-electron chi connectivity index (χ1n) is 10.6. The normalized spacial score (nSPS) is 36.4. The van der Waals surface area contributed by atoms with E-state index in [1.165, 1.54) is 0 Å². The SMILES string of the molecule is CCCC=C1OC(=O)C2=C[C@H]3CC[C@@]12[C@@]1(OC(=O)c2ccccc21)[C@@H]3CCC. The predicted molar refractivity (Wildman–Crippen MR) is 104 cm³/mol. The number of fused-ring (bicyclic) bond motifs is 2. The second-order valence-electron chi connectivity index (χ2n) is 8.50. The molecule has 1 aromatic carbocycles. The highest BCUT2D eigenvalue weighted by Gasteiger charge is 2.75. The molecule has 2 fully saturated rings. The Labute approximate surface area is 165 Å². The summed E-state index contributed by atoms with van der Waals surface area (Å²) in [7, 11) is 0. The van der Waals surface area contributed by atoms with Crippen molar-refractivity contribution in [2.24, 2.45) is 17.3 Å². The fraction of sp³-hybridized carbons (Fsp3) is 0.500. The van der Waals surface area contributed by atoms with Gasteiger partial charge >= 0.3 is 11.9 Å². The minimum Gasteiger partial charge on any atom is -0.449 e. The molecule has 1 aromatic rings. The highest BCUT2D eigenvalue weighted by Crippen LogP contribution is 2.72. The van der Waals surface area contributed by atoms with E-state index in [4.69, 9.17) is 9.47 Å². The Morgan fingerprint density at radius 1 is 1.14 bits per heavy atom. The third-order valence-corrected chi connectivity index (χ3v) is 7.23. The van der Waals surface area contributed by atoms with Gasteiger partial charge in [-0.25, -0.2) is 9.59 Å². The van der Waals surface area contributed by atoms with Crippen molar-refractivity contribution in [3.63, 3.8) is 0 Å². The van der Waals surface area contributed by atoms with Crippen LogP contribution in [0.25, 0.3) is 0 Å². The van der Waals surface area contributed by atoms with Crippen LogP contribution in [0, 0.1) is 17.3 Å². The van der Waals surface area contributed by atoms with Crippen LogP contribution in [-0.2, 0) is 19.9 Å². The summed E-state index contributed by atoms with van der Waals surface area (Å²) < 4.78 is 12.2. The number of rotatable bonds is 4. The lowest BCUT2D eigenvalue weighted by atomic mass is 9.46. The Hall–Kier alpha value is -2.36. The van der Waals surface area contributed by atoms with Gasteiger partial charge in [-0.05, 0) is 43.7 Å². The number of carbonyl (C=O) groups is 2. The fourth-order valence-electron chi connectivity index (χ4n) is 6.26. The van der Waals surface area contributed by atoms with Gasteiger partial charge in [0.1, 0.15) is 11.2 Å². The average molecular weight is 378 g/mol. The lowest BCUT2D eigenvalue weighted by molar-refractivity contribution is -0.152. The van der Waals surface area contributed by atoms with E-state index < -0.39 is 11.0 Å². The predicted octanol–water partition coefficient (Wildman–Crippen LogP) is 5.05. The first kappa shape index (κ1) is 17.7. The van der Waals surface area contributed by atoms with Gasteiger partial charge in [0.25, 0.3) is 0 Å². The van der Waals surface area contributed by atoms with E-state index in [0.717, 1.165) is 44.1 Å². The summed E-state index contributed by atoms with van der Waals surface area (Å²) in [5, 5.41) is 0. The Kier molecular flexibility index (Phi) is 3.84. The zero-order chi connectivity index (χ0) is 19.5. The summed E-state index contributed by atoms with van der Waals surface area (Å²) in [6.07, 6.45) is 9.74. The topological polar surface area (TPSA) is 52.6 Å². The molecule has 1 saturated heterocycles. The van der Waals surface area contributed by atoms with Crippen molar-refractivity contribution in [1.29, 1.82) is 0 Å². The zero-order valence-electron chi connectivity index (χ0n) is 16.5. The highest BCUT2D eigenvalue weighted by molar-refractivity contribution is 5.99. The Balaban J connectivity index is 1.83. The molecule has 2 bridgehead atoms. The summed E-state index contributed by atoms with van der Waals surface area (Å²) in [6.45, 7) is 4.28. The second-order valence-corrected chi connectivity index (χ2v) is 8.50. The molecule has 3 aliphatic carbocycles. The number of esters is 2. The van der Waals surface area contributed by atoms with E-state index in [2.05, 4.69) is 26.0 Å². The molecule has 2 spiro atoms. The van der Waals surface area contributed by atoms with Crippen LogP contribution in [0.5, 0.6) is 0 Å². The Bertz CT molecular complexity index is 926. The maximum absolute atomic E-state index is 13.0. The molecule has 0 amide bonds. The molecule has 0 radical (unpaired) electrons. The van der Waals surface area contributed by atoms with Crippen LogP contribution in [0.3, 0.4) is 0 Å². The molecule has 6 rings (SSSR count). The maximum Gasteiger partial charge on any atom is 0.340 e. The average Bonchev–Trinajstić information content (AvgIpc) is 3.17. The molecule has 2 aliphatic heterocycles. The number of hydrogen-bond donors (Lipinski definition) is 0. The van der Waals surface area contributed by atoms with Gasteiger partial charge < -0.3 is 9.47 Å². The lowest BCUT2D eigenvalue weighted by Gasteiger charge is -2.58. The van der Waals surface area contributed by atoms with E-state index in [-0.39, 0.29) is 23.8 Å². The third-order valence-electron chi connectivity index (χ3n) is 7.23. The lowest BCUT2D eigenvalue weighted by Crippen LogP contribution is -2.59. The molecule has 2 heterocycles. The number of carbonyl (C=O) groups excluding carboxylic acids is 2. The molecule has 146 valence electrons. The molecule has 0 unspecified atom stereocenters. The van der Waals surface area contributed by atoms with Crippen molar-refractivity contribution in [3.8, 4) is 0 Å². The van der Waals surface area contributed by atoms with Crippen LogP contribution in [0.4, 0.5) is 0 Å². The van der Waals surface area contributed by atoms with Gasteiger partial charge in [-0.2, -0.15) is 0 Å². The van der Waals surface area contributed by atoms with Gasteiger partial charge in [0, 0.05) is 11.5 Å². The largest absolute Gasteiger partial charge is 0.449 e. The summed E-state index contributed by atoms with van der Waals surface area (Å²) >= 11 is 0. The van der Waals surface area contributed by atoms with Gasteiger partial charge in [0.05, 0.1) is 11.1 Å². The van der Waals surface area contributed by atoms with E-state index in [1.54, 1.807) is 0 Å². The Morgan fingerprint density at radius 2 is 1.96 bits per heavy atom. The zero-order valence-corrected chi connectivity index (χ0v) is 16.5. The summed E-state index contributed by atoms with van der Waals surface area (Å²) in [5.41, 5.74) is 0.766. The Morgan fingerprint density at radius 3 is 2.75 bits per heavy atom. The molecule has 4 nitrogen and oxygen atoms in total. The van der Waals surface area contributed by atoms with Crippen molar-refractivity contribution in [2.45, 2.75) is 58.0 Å². The van der Waals surface area contributed by atoms with Crippen molar-refractivity contribution in [2.75, 3.05) is 0 Å². The van der Waals surface area contributed by atoms with Crippen LogP contribution in [0.1, 0.15) is 68.3 Å². The minimum absolute atomic E-state index is 0.155.